The molecule has 136 valence electrons. The molecule has 3 rings (SSSR count). The summed E-state index contributed by atoms with van der Waals surface area (Å²) in [5.74, 6) is -0.221. The van der Waals surface area contributed by atoms with Gasteiger partial charge in [0.05, 0.1) is 6.61 Å². The number of carbonyl (C=O) groups is 2. The Hall–Kier alpha value is -1.88. The number of hydrogen-bond donors (Lipinski definition) is 1. The van der Waals surface area contributed by atoms with Crippen molar-refractivity contribution < 1.29 is 14.3 Å². The SMILES string of the molecule is Cc1ccccc1C(=O)N1[C@H](C(=O)NC(C)C)COC12CCCCC2. The van der Waals surface area contributed by atoms with E-state index in [9.17, 15) is 9.59 Å². The van der Waals surface area contributed by atoms with Crippen molar-refractivity contribution in [1.82, 2.24) is 10.2 Å². The standard InChI is InChI=1S/C20H28N2O3/c1-14(2)21-18(23)17-13-25-20(11-7-4-8-12-20)22(17)19(24)16-10-6-5-9-15(16)3/h5-6,9-10,14,17H,4,7-8,11-13H2,1-3H3,(H,21,23)/t17-/m0/s1. The van der Waals surface area contributed by atoms with Crippen molar-refractivity contribution in [1.29, 1.82) is 0 Å². The Morgan fingerprint density at radius 3 is 2.52 bits per heavy atom. The molecule has 1 saturated carbocycles. The van der Waals surface area contributed by atoms with Gasteiger partial charge in [-0.15, -0.1) is 0 Å². The fourth-order valence-electron chi connectivity index (χ4n) is 3.99. The fourth-order valence-corrected chi connectivity index (χ4v) is 3.99. The van der Waals surface area contributed by atoms with Gasteiger partial charge < -0.3 is 10.1 Å². The molecule has 0 unspecified atom stereocenters. The average molecular weight is 344 g/mol. The van der Waals surface area contributed by atoms with E-state index in [1.54, 1.807) is 4.90 Å². The number of rotatable bonds is 3. The molecule has 2 fully saturated rings. The second-order valence-electron chi connectivity index (χ2n) is 7.49. The summed E-state index contributed by atoms with van der Waals surface area (Å²) in [6.07, 6.45) is 4.80. The van der Waals surface area contributed by atoms with Crippen LogP contribution in [0, 0.1) is 6.92 Å². The predicted molar refractivity (Wildman–Crippen MR) is 96.2 cm³/mol. The van der Waals surface area contributed by atoms with Crippen LogP contribution < -0.4 is 5.32 Å². The minimum absolute atomic E-state index is 0.0332. The molecule has 2 aliphatic rings. The average Bonchev–Trinajstić information content (AvgIpc) is 2.93. The zero-order valence-electron chi connectivity index (χ0n) is 15.4. The van der Waals surface area contributed by atoms with Gasteiger partial charge in [-0.3, -0.25) is 14.5 Å². The van der Waals surface area contributed by atoms with Crippen LogP contribution in [-0.2, 0) is 9.53 Å². The summed E-state index contributed by atoms with van der Waals surface area (Å²) in [6.45, 7) is 6.06. The summed E-state index contributed by atoms with van der Waals surface area (Å²) < 4.78 is 6.14. The van der Waals surface area contributed by atoms with Crippen LogP contribution >= 0.6 is 0 Å². The molecule has 0 aromatic heterocycles. The maximum Gasteiger partial charge on any atom is 0.257 e. The molecule has 1 saturated heterocycles. The molecule has 5 heteroatoms. The third-order valence-corrected chi connectivity index (χ3v) is 5.22. The van der Waals surface area contributed by atoms with E-state index in [0.29, 0.717) is 5.56 Å². The lowest BCUT2D eigenvalue weighted by Crippen LogP contribution is -2.57. The van der Waals surface area contributed by atoms with Gasteiger partial charge >= 0.3 is 0 Å². The van der Waals surface area contributed by atoms with Crippen molar-refractivity contribution in [3.63, 3.8) is 0 Å². The molecule has 2 amide bonds. The fraction of sp³-hybridized carbons (Fsp3) is 0.600. The molecule has 1 aliphatic heterocycles. The van der Waals surface area contributed by atoms with Crippen molar-refractivity contribution in [2.75, 3.05) is 6.61 Å². The minimum atomic E-state index is -0.628. The number of nitrogens with zero attached hydrogens (tertiary/aromatic N) is 1. The first kappa shape index (κ1) is 17.9. The molecule has 1 aliphatic carbocycles. The van der Waals surface area contributed by atoms with Crippen molar-refractivity contribution in [2.24, 2.45) is 0 Å². The Kier molecular flexibility index (Phi) is 5.13. The molecule has 0 bridgehead atoms. The summed E-state index contributed by atoms with van der Waals surface area (Å²) in [7, 11) is 0. The van der Waals surface area contributed by atoms with Crippen LogP contribution in [0.5, 0.6) is 0 Å². The van der Waals surface area contributed by atoms with Crippen molar-refractivity contribution in [3.05, 3.63) is 35.4 Å². The van der Waals surface area contributed by atoms with Gasteiger partial charge in [0, 0.05) is 11.6 Å². The van der Waals surface area contributed by atoms with Crippen LogP contribution in [0.3, 0.4) is 0 Å². The molecule has 5 nitrogen and oxygen atoms in total. The topological polar surface area (TPSA) is 58.6 Å². The Balaban J connectivity index is 1.96. The first-order valence-corrected chi connectivity index (χ1v) is 9.28. The Morgan fingerprint density at radius 1 is 1.20 bits per heavy atom. The van der Waals surface area contributed by atoms with Crippen LogP contribution in [0.2, 0.25) is 0 Å². The minimum Gasteiger partial charge on any atom is -0.353 e. The lowest BCUT2D eigenvalue weighted by molar-refractivity contribution is -0.127. The van der Waals surface area contributed by atoms with Gasteiger partial charge in [-0.05, 0) is 58.1 Å². The van der Waals surface area contributed by atoms with E-state index in [0.717, 1.165) is 37.7 Å². The second kappa shape index (κ2) is 7.16. The third kappa shape index (κ3) is 3.43. The third-order valence-electron chi connectivity index (χ3n) is 5.22. The molecule has 1 atom stereocenters. The Labute approximate surface area is 149 Å². The molecule has 1 heterocycles. The van der Waals surface area contributed by atoms with Crippen LogP contribution in [0.4, 0.5) is 0 Å². The largest absolute Gasteiger partial charge is 0.353 e. The van der Waals surface area contributed by atoms with Crippen molar-refractivity contribution in [3.8, 4) is 0 Å². The maximum atomic E-state index is 13.4. The molecule has 1 aromatic carbocycles. The van der Waals surface area contributed by atoms with Crippen molar-refractivity contribution >= 4 is 11.8 Å². The smallest absolute Gasteiger partial charge is 0.257 e. The van der Waals surface area contributed by atoms with Gasteiger partial charge in [0.15, 0.2) is 0 Å². The zero-order valence-corrected chi connectivity index (χ0v) is 15.4. The normalized spacial score (nSPS) is 22.4. The molecule has 1 N–H and O–H groups in total. The zero-order chi connectivity index (χ0) is 18.0. The summed E-state index contributed by atoms with van der Waals surface area (Å²) >= 11 is 0. The Morgan fingerprint density at radius 2 is 1.88 bits per heavy atom. The monoisotopic (exact) mass is 344 g/mol. The molecular weight excluding hydrogens is 316 g/mol. The van der Waals surface area contributed by atoms with E-state index >= 15 is 0 Å². The summed E-state index contributed by atoms with van der Waals surface area (Å²) in [4.78, 5) is 27.9. The number of amides is 2. The highest BCUT2D eigenvalue weighted by atomic mass is 16.5. The van der Waals surface area contributed by atoms with E-state index in [2.05, 4.69) is 5.32 Å². The molecule has 0 radical (unpaired) electrons. The molecule has 1 spiro atoms. The van der Waals surface area contributed by atoms with Gasteiger partial charge in [-0.25, -0.2) is 0 Å². The quantitative estimate of drug-likeness (QED) is 0.917. The van der Waals surface area contributed by atoms with Gasteiger partial charge in [-0.1, -0.05) is 24.6 Å². The van der Waals surface area contributed by atoms with Crippen molar-refractivity contribution in [2.45, 2.75) is 70.7 Å². The summed E-state index contributed by atoms with van der Waals surface area (Å²) in [6, 6.07) is 7.03. The number of ether oxygens (including phenoxy) is 1. The molecule has 25 heavy (non-hydrogen) atoms. The van der Waals surface area contributed by atoms with Crippen LogP contribution in [0.25, 0.3) is 0 Å². The number of aryl methyl sites for hydroxylation is 1. The molecule has 1 aromatic rings. The van der Waals surface area contributed by atoms with Crippen LogP contribution in [-0.4, -0.2) is 41.1 Å². The number of nitrogens with one attached hydrogen (secondary N) is 1. The van der Waals surface area contributed by atoms with E-state index in [4.69, 9.17) is 4.74 Å². The molecular formula is C20H28N2O3. The first-order valence-electron chi connectivity index (χ1n) is 9.28. The van der Waals surface area contributed by atoms with Gasteiger partial charge in [0.1, 0.15) is 11.8 Å². The highest BCUT2D eigenvalue weighted by Gasteiger charge is 2.53. The lowest BCUT2D eigenvalue weighted by Gasteiger charge is -2.41. The summed E-state index contributed by atoms with van der Waals surface area (Å²) in [5, 5.41) is 2.94. The van der Waals surface area contributed by atoms with E-state index < -0.39 is 11.8 Å². The van der Waals surface area contributed by atoms with Gasteiger partial charge in [0.25, 0.3) is 5.91 Å². The predicted octanol–water partition coefficient (Wildman–Crippen LogP) is 3.02. The lowest BCUT2D eigenvalue weighted by atomic mass is 9.89. The Bertz CT molecular complexity index is 650. The second-order valence-corrected chi connectivity index (χ2v) is 7.49. The van der Waals surface area contributed by atoms with Gasteiger partial charge in [0.2, 0.25) is 5.91 Å². The summed E-state index contributed by atoms with van der Waals surface area (Å²) in [5.41, 5.74) is 0.949. The van der Waals surface area contributed by atoms with E-state index in [1.807, 2.05) is 45.0 Å². The number of hydrogen-bond acceptors (Lipinski definition) is 3. The van der Waals surface area contributed by atoms with Crippen LogP contribution in [0.1, 0.15) is 61.9 Å². The highest BCUT2D eigenvalue weighted by Crippen LogP contribution is 2.41. The van der Waals surface area contributed by atoms with Crippen LogP contribution in [0.15, 0.2) is 24.3 Å². The number of carbonyl (C=O) groups excluding carboxylic acids is 2. The first-order chi connectivity index (χ1) is 11.9. The van der Waals surface area contributed by atoms with E-state index in [1.165, 1.54) is 0 Å². The van der Waals surface area contributed by atoms with E-state index in [-0.39, 0.29) is 24.5 Å². The van der Waals surface area contributed by atoms with Gasteiger partial charge in [-0.2, -0.15) is 0 Å². The maximum absolute atomic E-state index is 13.4. The number of benzene rings is 1. The highest BCUT2D eigenvalue weighted by molar-refractivity contribution is 5.99.